The van der Waals surface area contributed by atoms with Crippen molar-refractivity contribution in [3.05, 3.63) is 113 Å². The number of hydrogen-bond donors (Lipinski definition) is 0. The fraction of sp³-hybridized carbons (Fsp3) is 0.0938. The van der Waals surface area contributed by atoms with Crippen molar-refractivity contribution in [2.24, 2.45) is 0 Å². The number of hydrogen-bond acceptors (Lipinski definition) is 5. The van der Waals surface area contributed by atoms with Gasteiger partial charge in [0.1, 0.15) is 11.9 Å². The summed E-state index contributed by atoms with van der Waals surface area (Å²) < 4.78 is 1.80. The van der Waals surface area contributed by atoms with Gasteiger partial charge >= 0.3 is 0 Å². The molecule has 0 spiro atoms. The van der Waals surface area contributed by atoms with Crippen LogP contribution in [0.25, 0.3) is 27.7 Å². The number of aromatic nitrogens is 2. The predicted octanol–water partition coefficient (Wildman–Crippen LogP) is 6.19. The maximum Gasteiger partial charge on any atom is 0.270 e. The molecule has 1 aromatic heterocycles. The maximum absolute atomic E-state index is 11.6. The summed E-state index contributed by atoms with van der Waals surface area (Å²) in [6, 6.07) is 28.6. The monoisotopic (exact) mass is 509 g/mol. The van der Waals surface area contributed by atoms with Gasteiger partial charge in [0, 0.05) is 46.2 Å². The Balaban J connectivity index is 1.64. The summed E-state index contributed by atoms with van der Waals surface area (Å²) in [5.74, 6) is 5.65. The van der Waals surface area contributed by atoms with Crippen LogP contribution in [0, 0.1) is 34.8 Å². The summed E-state index contributed by atoms with van der Waals surface area (Å²) in [4.78, 5) is 15.5. The van der Waals surface area contributed by atoms with Gasteiger partial charge in [0.2, 0.25) is 0 Å². The smallest absolute Gasteiger partial charge is 0.270 e. The second-order valence-corrected chi connectivity index (χ2v) is 9.21. The van der Waals surface area contributed by atoms with E-state index in [0.29, 0.717) is 24.3 Å². The van der Waals surface area contributed by atoms with Crippen LogP contribution >= 0.6 is 0 Å². The summed E-state index contributed by atoms with van der Waals surface area (Å²) in [7, 11) is 0. The summed E-state index contributed by atoms with van der Waals surface area (Å²) in [5, 5.41) is 18.8. The molecular formula is C32H23N5O2. The topological polar surface area (TPSA) is 67.4 Å². The van der Waals surface area contributed by atoms with E-state index in [1.54, 1.807) is 16.8 Å². The first-order chi connectivity index (χ1) is 19.1. The predicted molar refractivity (Wildman–Crippen MR) is 155 cm³/mol. The third-order valence-corrected chi connectivity index (χ3v) is 6.97. The van der Waals surface area contributed by atoms with E-state index in [4.69, 9.17) is 17.9 Å². The highest BCUT2D eigenvalue weighted by Gasteiger charge is 2.37. The zero-order chi connectivity index (χ0) is 26.9. The number of non-ortho nitro benzene ring substituents is 1. The Kier molecular flexibility index (Phi) is 5.95. The average Bonchev–Trinajstić information content (AvgIpc) is 3.41. The summed E-state index contributed by atoms with van der Waals surface area (Å²) >= 11 is 0. The van der Waals surface area contributed by atoms with Crippen LogP contribution in [0.1, 0.15) is 11.7 Å². The SMILES string of the molecule is C#CCN1c2cccc3cccc(c23)N(CC#C)C1c1cn(-c2ccccc2)nc1-c1cccc([N+](=O)[O-])c1. The van der Waals surface area contributed by atoms with Gasteiger partial charge in [0.05, 0.1) is 23.7 Å². The Labute approximate surface area is 226 Å². The van der Waals surface area contributed by atoms with Crippen molar-refractivity contribution in [1.29, 1.82) is 0 Å². The van der Waals surface area contributed by atoms with Crippen LogP contribution in [-0.4, -0.2) is 27.8 Å². The molecule has 4 aromatic carbocycles. The van der Waals surface area contributed by atoms with E-state index in [2.05, 4.69) is 45.9 Å². The number of nitro groups is 1. The molecule has 7 heteroatoms. The Hall–Kier alpha value is -5.53. The van der Waals surface area contributed by atoms with Crippen molar-refractivity contribution in [3.63, 3.8) is 0 Å². The van der Waals surface area contributed by atoms with Crippen molar-refractivity contribution in [3.8, 4) is 41.6 Å². The van der Waals surface area contributed by atoms with Crippen LogP contribution in [0.2, 0.25) is 0 Å². The fourth-order valence-corrected chi connectivity index (χ4v) is 5.37. The zero-order valence-electron chi connectivity index (χ0n) is 20.9. The molecular weight excluding hydrogens is 486 g/mol. The Morgan fingerprint density at radius 1 is 0.846 bits per heavy atom. The molecule has 188 valence electrons. The van der Waals surface area contributed by atoms with Gasteiger partial charge in [-0.25, -0.2) is 4.68 Å². The average molecular weight is 510 g/mol. The first-order valence-electron chi connectivity index (χ1n) is 12.4. The minimum absolute atomic E-state index is 0.00701. The van der Waals surface area contributed by atoms with Crippen molar-refractivity contribution < 1.29 is 4.92 Å². The third-order valence-electron chi connectivity index (χ3n) is 6.97. The van der Waals surface area contributed by atoms with Crippen LogP contribution < -0.4 is 9.80 Å². The Morgan fingerprint density at radius 3 is 2.10 bits per heavy atom. The van der Waals surface area contributed by atoms with E-state index >= 15 is 0 Å². The maximum atomic E-state index is 11.6. The van der Waals surface area contributed by atoms with Gasteiger partial charge in [-0.15, -0.1) is 12.8 Å². The van der Waals surface area contributed by atoms with Crippen LogP contribution in [0.3, 0.4) is 0 Å². The van der Waals surface area contributed by atoms with Gasteiger partial charge in [-0.3, -0.25) is 10.1 Å². The summed E-state index contributed by atoms with van der Waals surface area (Å²) in [6.07, 6.45) is 13.4. The minimum atomic E-state index is -0.413. The molecule has 0 bridgehead atoms. The zero-order valence-corrected chi connectivity index (χ0v) is 20.9. The van der Waals surface area contributed by atoms with Crippen molar-refractivity contribution in [2.75, 3.05) is 22.9 Å². The van der Waals surface area contributed by atoms with Gasteiger partial charge in [0.15, 0.2) is 0 Å². The van der Waals surface area contributed by atoms with Crippen molar-refractivity contribution in [2.45, 2.75) is 6.17 Å². The van der Waals surface area contributed by atoms with E-state index in [1.807, 2.05) is 54.7 Å². The fourth-order valence-electron chi connectivity index (χ4n) is 5.37. The molecule has 39 heavy (non-hydrogen) atoms. The molecule has 6 rings (SSSR count). The number of para-hydroxylation sites is 1. The Bertz CT molecular complexity index is 1740. The molecule has 0 saturated heterocycles. The molecule has 0 unspecified atom stereocenters. The molecule has 1 aliphatic heterocycles. The lowest BCUT2D eigenvalue weighted by atomic mass is 9.97. The number of rotatable bonds is 6. The molecule has 0 amide bonds. The number of terminal acetylenes is 2. The highest BCUT2D eigenvalue weighted by Crippen LogP contribution is 2.48. The molecule has 0 radical (unpaired) electrons. The molecule has 0 saturated carbocycles. The summed E-state index contributed by atoms with van der Waals surface area (Å²) in [5.41, 5.74) is 4.92. The first kappa shape index (κ1) is 23.8. The molecule has 7 nitrogen and oxygen atoms in total. The Morgan fingerprint density at radius 2 is 1.49 bits per heavy atom. The van der Waals surface area contributed by atoms with Crippen molar-refractivity contribution >= 4 is 27.8 Å². The second kappa shape index (κ2) is 9.74. The van der Waals surface area contributed by atoms with E-state index in [9.17, 15) is 10.1 Å². The normalized spacial score (nSPS) is 12.8. The second-order valence-electron chi connectivity index (χ2n) is 9.21. The number of nitro benzene ring substituents is 1. The van der Waals surface area contributed by atoms with E-state index in [-0.39, 0.29) is 5.69 Å². The molecule has 5 aromatic rings. The van der Waals surface area contributed by atoms with Crippen LogP contribution in [-0.2, 0) is 0 Å². The van der Waals surface area contributed by atoms with Crippen LogP contribution in [0.15, 0.2) is 97.2 Å². The van der Waals surface area contributed by atoms with Gasteiger partial charge in [-0.05, 0) is 29.7 Å². The lowest BCUT2D eigenvalue weighted by Crippen LogP contribution is -2.45. The highest BCUT2D eigenvalue weighted by molar-refractivity contribution is 6.06. The third kappa shape index (κ3) is 4.03. The molecule has 0 atom stereocenters. The molecule has 2 heterocycles. The van der Waals surface area contributed by atoms with E-state index < -0.39 is 11.1 Å². The van der Waals surface area contributed by atoms with Gasteiger partial charge in [-0.2, -0.15) is 5.10 Å². The number of nitrogens with zero attached hydrogens (tertiary/aromatic N) is 5. The molecule has 0 aliphatic carbocycles. The van der Waals surface area contributed by atoms with Crippen LogP contribution in [0.4, 0.5) is 17.1 Å². The largest absolute Gasteiger partial charge is 0.335 e. The highest BCUT2D eigenvalue weighted by atomic mass is 16.6. The minimum Gasteiger partial charge on any atom is -0.335 e. The lowest BCUT2D eigenvalue weighted by Gasteiger charge is -2.45. The number of anilines is 2. The van der Waals surface area contributed by atoms with Gasteiger partial charge in [0.25, 0.3) is 5.69 Å². The summed E-state index contributed by atoms with van der Waals surface area (Å²) in [6.45, 7) is 0.647. The van der Waals surface area contributed by atoms with Crippen LogP contribution in [0.5, 0.6) is 0 Å². The van der Waals surface area contributed by atoms with E-state index in [1.165, 1.54) is 6.07 Å². The first-order valence-corrected chi connectivity index (χ1v) is 12.4. The van der Waals surface area contributed by atoms with Gasteiger partial charge in [-0.1, -0.05) is 66.4 Å². The molecule has 0 fully saturated rings. The standard InChI is InChI=1S/C32H23N5O2/c1-3-19-34-28-17-9-11-23-12-10-18-29(30(23)28)35(20-4-2)32(34)27-22-36(25-14-6-5-7-15-25)33-31(27)24-13-8-16-26(21-24)37(38)39/h1-2,5-18,21-22,32H,19-20H2. The van der Waals surface area contributed by atoms with Crippen molar-refractivity contribution in [1.82, 2.24) is 9.78 Å². The number of benzene rings is 4. The van der Waals surface area contributed by atoms with E-state index in [0.717, 1.165) is 33.4 Å². The lowest BCUT2D eigenvalue weighted by molar-refractivity contribution is -0.384. The molecule has 0 N–H and O–H groups in total. The van der Waals surface area contributed by atoms with Gasteiger partial charge < -0.3 is 9.80 Å². The molecule has 1 aliphatic rings. The quantitative estimate of drug-likeness (QED) is 0.155.